The number of guanidine groups is 1. The molecule has 2 aromatic carbocycles. The smallest absolute Gasteiger partial charge is 0.209 e. The summed E-state index contributed by atoms with van der Waals surface area (Å²) in [6, 6.07) is 18.2. The van der Waals surface area contributed by atoms with Gasteiger partial charge in [0.1, 0.15) is 10.7 Å². The van der Waals surface area contributed by atoms with E-state index in [0.29, 0.717) is 11.5 Å². The summed E-state index contributed by atoms with van der Waals surface area (Å²) in [6.45, 7) is 2.17. The number of thiocarbonyl (C=S) groups is 1. The average molecular weight is 408 g/mol. The molecule has 0 saturated carbocycles. The van der Waals surface area contributed by atoms with Crippen LogP contribution in [0.4, 0.5) is 0 Å². The summed E-state index contributed by atoms with van der Waals surface area (Å²) in [5.41, 5.74) is 7.99. The first-order valence-corrected chi connectivity index (χ1v) is 9.94. The Morgan fingerprint density at radius 1 is 1.21 bits per heavy atom. The molecule has 0 aliphatic carbocycles. The lowest BCUT2D eigenvalue weighted by Crippen LogP contribution is -2.51. The third-order valence-electron chi connectivity index (χ3n) is 5.53. The van der Waals surface area contributed by atoms with Crippen LogP contribution in [0.1, 0.15) is 24.0 Å². The number of benzene rings is 2. The normalized spacial score (nSPS) is 16.0. The standard InChI is InChI=1S/C22H25N5OS/c1-28-19-10-6-5-9-18(19)20(29)25-15-22(17-7-3-2-4-8-17)11-13-27(14-12-22)21(24)26-16-23/h2-10H,11-15H2,1H3,(H2,24,26)(H,25,29). The van der Waals surface area contributed by atoms with Crippen LogP contribution in [0, 0.1) is 11.5 Å². The highest BCUT2D eigenvalue weighted by Crippen LogP contribution is 2.35. The summed E-state index contributed by atoms with van der Waals surface area (Å²) in [5.74, 6) is 1.04. The van der Waals surface area contributed by atoms with E-state index in [0.717, 1.165) is 37.2 Å². The number of likely N-dealkylation sites (tertiary alicyclic amines) is 1. The number of methoxy groups -OCH3 is 1. The fourth-order valence-electron chi connectivity index (χ4n) is 3.82. The van der Waals surface area contributed by atoms with Gasteiger partial charge in [-0.25, -0.2) is 0 Å². The van der Waals surface area contributed by atoms with E-state index < -0.39 is 0 Å². The Hall–Kier alpha value is -3.11. The van der Waals surface area contributed by atoms with Crippen LogP contribution >= 0.6 is 12.2 Å². The van der Waals surface area contributed by atoms with E-state index >= 15 is 0 Å². The maximum atomic E-state index is 8.77. The molecule has 7 heteroatoms. The van der Waals surface area contributed by atoms with Crippen LogP contribution in [0.5, 0.6) is 5.75 Å². The van der Waals surface area contributed by atoms with Crippen molar-refractivity contribution in [1.82, 2.24) is 10.2 Å². The van der Waals surface area contributed by atoms with Crippen molar-refractivity contribution in [1.29, 1.82) is 5.26 Å². The molecule has 6 nitrogen and oxygen atoms in total. The Morgan fingerprint density at radius 2 is 1.86 bits per heavy atom. The zero-order chi connectivity index (χ0) is 20.7. The van der Waals surface area contributed by atoms with Crippen molar-refractivity contribution in [2.24, 2.45) is 10.7 Å². The van der Waals surface area contributed by atoms with Crippen molar-refractivity contribution < 1.29 is 4.74 Å². The second kappa shape index (κ2) is 9.39. The molecule has 3 rings (SSSR count). The highest BCUT2D eigenvalue weighted by atomic mass is 32.1. The molecule has 1 heterocycles. The molecule has 0 amide bonds. The van der Waals surface area contributed by atoms with Crippen molar-refractivity contribution in [2.45, 2.75) is 18.3 Å². The molecular formula is C22H25N5OS. The highest BCUT2D eigenvalue weighted by Gasteiger charge is 2.37. The van der Waals surface area contributed by atoms with Gasteiger partial charge in [0.25, 0.3) is 0 Å². The number of nitriles is 1. The van der Waals surface area contributed by atoms with E-state index in [-0.39, 0.29) is 11.4 Å². The van der Waals surface area contributed by atoms with E-state index in [1.807, 2.05) is 35.2 Å². The Labute approximate surface area is 177 Å². The molecule has 1 aliphatic rings. The van der Waals surface area contributed by atoms with Gasteiger partial charge in [0.15, 0.2) is 0 Å². The van der Waals surface area contributed by atoms with Crippen LogP contribution in [0.2, 0.25) is 0 Å². The van der Waals surface area contributed by atoms with Gasteiger partial charge < -0.3 is 20.7 Å². The lowest BCUT2D eigenvalue weighted by atomic mass is 9.72. The predicted octanol–water partition coefficient (Wildman–Crippen LogP) is 2.79. The van der Waals surface area contributed by atoms with Gasteiger partial charge in [-0.2, -0.15) is 5.26 Å². The van der Waals surface area contributed by atoms with E-state index in [4.69, 9.17) is 28.0 Å². The van der Waals surface area contributed by atoms with Crippen LogP contribution in [-0.2, 0) is 5.41 Å². The number of nitrogens with zero attached hydrogens (tertiary/aromatic N) is 3. The molecular weight excluding hydrogens is 382 g/mol. The van der Waals surface area contributed by atoms with Gasteiger partial charge in [0, 0.05) is 25.0 Å². The lowest BCUT2D eigenvalue weighted by molar-refractivity contribution is 0.224. The van der Waals surface area contributed by atoms with Crippen LogP contribution < -0.4 is 15.8 Å². The van der Waals surface area contributed by atoms with Gasteiger partial charge in [-0.15, -0.1) is 4.99 Å². The van der Waals surface area contributed by atoms with E-state index in [1.165, 1.54) is 5.56 Å². The van der Waals surface area contributed by atoms with Crippen molar-refractivity contribution in [3.8, 4) is 11.9 Å². The molecule has 1 fully saturated rings. The van der Waals surface area contributed by atoms with Crippen molar-refractivity contribution in [3.63, 3.8) is 0 Å². The van der Waals surface area contributed by atoms with E-state index in [9.17, 15) is 0 Å². The number of nitrogens with two attached hydrogens (primary N) is 1. The molecule has 0 unspecified atom stereocenters. The van der Waals surface area contributed by atoms with Crippen LogP contribution in [-0.4, -0.2) is 42.6 Å². The molecule has 1 saturated heterocycles. The minimum absolute atomic E-state index is 0.0865. The summed E-state index contributed by atoms with van der Waals surface area (Å²) < 4.78 is 5.44. The first kappa shape index (κ1) is 20.6. The summed E-state index contributed by atoms with van der Waals surface area (Å²) >= 11 is 5.66. The molecule has 29 heavy (non-hydrogen) atoms. The lowest BCUT2D eigenvalue weighted by Gasteiger charge is -2.43. The zero-order valence-electron chi connectivity index (χ0n) is 16.5. The van der Waals surface area contributed by atoms with Gasteiger partial charge in [0.05, 0.1) is 12.7 Å². The number of aliphatic imine (C=N–C) groups is 1. The number of rotatable bonds is 5. The maximum absolute atomic E-state index is 8.77. The molecule has 3 N–H and O–H groups in total. The quantitative estimate of drug-likeness (QED) is 0.343. The molecule has 0 radical (unpaired) electrons. The summed E-state index contributed by atoms with van der Waals surface area (Å²) in [6.07, 6.45) is 3.52. The van der Waals surface area contributed by atoms with Crippen molar-refractivity contribution in [2.75, 3.05) is 26.7 Å². The number of nitrogens with one attached hydrogen (secondary N) is 1. The van der Waals surface area contributed by atoms with Crippen LogP contribution in [0.3, 0.4) is 0 Å². The van der Waals surface area contributed by atoms with Gasteiger partial charge in [-0.3, -0.25) is 0 Å². The first-order valence-electron chi connectivity index (χ1n) is 9.53. The minimum atomic E-state index is -0.0865. The molecule has 0 bridgehead atoms. The first-order chi connectivity index (χ1) is 14.1. The van der Waals surface area contributed by atoms with Gasteiger partial charge in [-0.05, 0) is 30.5 Å². The fourth-order valence-corrected chi connectivity index (χ4v) is 4.06. The molecule has 2 aromatic rings. The Bertz CT molecular complexity index is 914. The number of ether oxygens (including phenoxy) is 1. The van der Waals surface area contributed by atoms with Crippen molar-refractivity contribution in [3.05, 3.63) is 65.7 Å². The van der Waals surface area contributed by atoms with Gasteiger partial charge >= 0.3 is 0 Å². The number of hydrogen-bond donors (Lipinski definition) is 2. The molecule has 1 aliphatic heterocycles. The zero-order valence-corrected chi connectivity index (χ0v) is 17.3. The number of hydrogen-bond acceptors (Lipinski definition) is 4. The van der Waals surface area contributed by atoms with Gasteiger partial charge in [-0.1, -0.05) is 54.7 Å². The highest BCUT2D eigenvalue weighted by molar-refractivity contribution is 7.80. The van der Waals surface area contributed by atoms with Gasteiger partial charge in [0.2, 0.25) is 12.2 Å². The van der Waals surface area contributed by atoms with Crippen LogP contribution in [0.15, 0.2) is 59.6 Å². The van der Waals surface area contributed by atoms with Crippen LogP contribution in [0.25, 0.3) is 0 Å². The average Bonchev–Trinajstić information content (AvgIpc) is 2.78. The number of para-hydroxylation sites is 1. The second-order valence-corrected chi connectivity index (χ2v) is 7.49. The Balaban J connectivity index is 1.78. The second-order valence-electron chi connectivity index (χ2n) is 7.09. The molecule has 150 valence electrons. The summed E-state index contributed by atoms with van der Waals surface area (Å²) in [5, 5.41) is 12.2. The van der Waals surface area contributed by atoms with E-state index in [1.54, 1.807) is 13.3 Å². The SMILES string of the molecule is COc1ccccc1C(=S)NCC1(c2ccccc2)CCN(C(N)=NC#N)CC1. The molecule has 0 spiro atoms. The Kier molecular flexibility index (Phi) is 6.68. The topological polar surface area (TPSA) is 86.7 Å². The predicted molar refractivity (Wildman–Crippen MR) is 119 cm³/mol. The largest absolute Gasteiger partial charge is 0.496 e. The summed E-state index contributed by atoms with van der Waals surface area (Å²) in [4.78, 5) is 6.31. The third-order valence-corrected chi connectivity index (χ3v) is 5.90. The number of piperidine rings is 1. The molecule has 0 atom stereocenters. The summed E-state index contributed by atoms with van der Waals surface area (Å²) in [7, 11) is 1.65. The molecule has 0 aromatic heterocycles. The fraction of sp³-hybridized carbons (Fsp3) is 0.318. The minimum Gasteiger partial charge on any atom is -0.496 e. The monoisotopic (exact) mass is 407 g/mol. The van der Waals surface area contributed by atoms with E-state index in [2.05, 4.69) is 34.6 Å². The third kappa shape index (κ3) is 4.66. The Morgan fingerprint density at radius 3 is 2.52 bits per heavy atom. The van der Waals surface area contributed by atoms with Crippen molar-refractivity contribution >= 4 is 23.2 Å². The maximum Gasteiger partial charge on any atom is 0.209 e.